The molecule has 0 radical (unpaired) electrons. The first kappa shape index (κ1) is 13.8. The van der Waals surface area contributed by atoms with Crippen LogP contribution < -0.4 is 5.32 Å². The molecule has 0 aliphatic carbocycles. The van der Waals surface area contributed by atoms with Gasteiger partial charge in [-0.2, -0.15) is 11.8 Å². The molecule has 0 saturated carbocycles. The molecule has 4 heteroatoms. The molecule has 1 aliphatic rings. The molecule has 1 atom stereocenters. The van der Waals surface area contributed by atoms with E-state index in [2.05, 4.69) is 52.9 Å². The Bertz CT molecular complexity index is 353. The van der Waals surface area contributed by atoms with E-state index < -0.39 is 0 Å². The molecule has 1 aromatic heterocycles. The second-order valence-electron chi connectivity index (χ2n) is 4.83. The van der Waals surface area contributed by atoms with Crippen molar-refractivity contribution in [3.63, 3.8) is 0 Å². The zero-order valence-corrected chi connectivity index (χ0v) is 12.2. The zero-order chi connectivity index (χ0) is 12.8. The van der Waals surface area contributed by atoms with Crippen molar-refractivity contribution < 1.29 is 0 Å². The molecular formula is C14H23N3S. The van der Waals surface area contributed by atoms with Crippen LogP contribution in [0.15, 0.2) is 18.3 Å². The summed E-state index contributed by atoms with van der Waals surface area (Å²) >= 11 is 2.06. The number of thioether (sulfide) groups is 1. The molecule has 1 aliphatic heterocycles. The van der Waals surface area contributed by atoms with Gasteiger partial charge in [0.2, 0.25) is 0 Å². The normalized spacial score (nSPS) is 21.1. The average Bonchev–Trinajstić information content (AvgIpc) is 2.41. The number of hydrogen-bond acceptors (Lipinski definition) is 4. The van der Waals surface area contributed by atoms with Crippen molar-refractivity contribution in [3.8, 4) is 0 Å². The molecule has 1 unspecified atom stereocenters. The monoisotopic (exact) mass is 265 g/mol. The van der Waals surface area contributed by atoms with Crippen LogP contribution in [0, 0.1) is 0 Å². The highest BCUT2D eigenvalue weighted by molar-refractivity contribution is 7.99. The largest absolute Gasteiger partial charge is 0.313 e. The van der Waals surface area contributed by atoms with Crippen molar-refractivity contribution in [3.05, 3.63) is 29.6 Å². The van der Waals surface area contributed by atoms with Gasteiger partial charge in [-0.05, 0) is 25.1 Å². The fraction of sp³-hybridized carbons (Fsp3) is 0.643. The first-order valence-electron chi connectivity index (χ1n) is 6.76. The van der Waals surface area contributed by atoms with Gasteiger partial charge in [0, 0.05) is 43.4 Å². The van der Waals surface area contributed by atoms with Crippen molar-refractivity contribution in [1.29, 1.82) is 0 Å². The van der Waals surface area contributed by atoms with Gasteiger partial charge in [0.05, 0.1) is 5.69 Å². The number of hydrogen-bond donors (Lipinski definition) is 1. The van der Waals surface area contributed by atoms with Crippen LogP contribution in [0.2, 0.25) is 0 Å². The molecule has 1 aromatic rings. The molecule has 100 valence electrons. The standard InChI is InChI=1S/C14H23N3S/c1-3-15-8-13-4-5-14(16-9-13)10-17-6-7-18-11-12(17)2/h4-5,9,12,15H,3,6-8,10-11H2,1-2H3. The van der Waals surface area contributed by atoms with Crippen molar-refractivity contribution in [2.75, 3.05) is 24.6 Å². The number of nitrogens with one attached hydrogen (secondary N) is 1. The molecule has 1 saturated heterocycles. The van der Waals surface area contributed by atoms with E-state index in [0.29, 0.717) is 6.04 Å². The molecule has 0 bridgehead atoms. The summed E-state index contributed by atoms with van der Waals surface area (Å²) in [6, 6.07) is 5.03. The van der Waals surface area contributed by atoms with Gasteiger partial charge in [-0.3, -0.25) is 9.88 Å². The molecule has 1 N–H and O–H groups in total. The molecule has 1 fully saturated rings. The Labute approximate surface area is 114 Å². The van der Waals surface area contributed by atoms with Crippen LogP contribution in [-0.4, -0.2) is 40.5 Å². The first-order valence-corrected chi connectivity index (χ1v) is 7.91. The topological polar surface area (TPSA) is 28.2 Å². The highest BCUT2D eigenvalue weighted by Gasteiger charge is 2.18. The average molecular weight is 265 g/mol. The van der Waals surface area contributed by atoms with Crippen LogP contribution in [0.3, 0.4) is 0 Å². The summed E-state index contributed by atoms with van der Waals surface area (Å²) in [6.45, 7) is 8.53. The summed E-state index contributed by atoms with van der Waals surface area (Å²) in [5, 5.41) is 3.32. The van der Waals surface area contributed by atoms with Crippen LogP contribution in [-0.2, 0) is 13.1 Å². The van der Waals surface area contributed by atoms with E-state index >= 15 is 0 Å². The first-order chi connectivity index (χ1) is 8.79. The smallest absolute Gasteiger partial charge is 0.0544 e. The van der Waals surface area contributed by atoms with Gasteiger partial charge in [-0.15, -0.1) is 0 Å². The third-order valence-corrected chi connectivity index (χ3v) is 4.52. The van der Waals surface area contributed by atoms with Crippen LogP contribution >= 0.6 is 11.8 Å². The molecule has 0 amide bonds. The molecule has 0 spiro atoms. The van der Waals surface area contributed by atoms with Crippen molar-refractivity contribution in [2.45, 2.75) is 33.0 Å². The van der Waals surface area contributed by atoms with Crippen molar-refractivity contribution in [1.82, 2.24) is 15.2 Å². The van der Waals surface area contributed by atoms with Crippen LogP contribution in [0.25, 0.3) is 0 Å². The van der Waals surface area contributed by atoms with Gasteiger partial charge >= 0.3 is 0 Å². The molecule has 3 nitrogen and oxygen atoms in total. The predicted molar refractivity (Wildman–Crippen MR) is 78.8 cm³/mol. The molecular weight excluding hydrogens is 242 g/mol. The Morgan fingerprint density at radius 2 is 2.39 bits per heavy atom. The van der Waals surface area contributed by atoms with Gasteiger partial charge in [0.15, 0.2) is 0 Å². The maximum absolute atomic E-state index is 4.57. The Kier molecular flexibility index (Phi) is 5.47. The Balaban J connectivity index is 1.89. The van der Waals surface area contributed by atoms with E-state index in [4.69, 9.17) is 0 Å². The molecule has 2 rings (SSSR count). The summed E-state index contributed by atoms with van der Waals surface area (Å²) in [7, 11) is 0. The van der Waals surface area contributed by atoms with Crippen LogP contribution in [0.5, 0.6) is 0 Å². The number of rotatable bonds is 5. The molecule has 0 aromatic carbocycles. The molecule has 2 heterocycles. The second-order valence-corrected chi connectivity index (χ2v) is 5.98. The van der Waals surface area contributed by atoms with Gasteiger partial charge < -0.3 is 5.32 Å². The van der Waals surface area contributed by atoms with Gasteiger partial charge in [-0.1, -0.05) is 13.0 Å². The minimum absolute atomic E-state index is 0.673. The van der Waals surface area contributed by atoms with E-state index in [1.54, 1.807) is 0 Å². The molecule has 18 heavy (non-hydrogen) atoms. The number of aromatic nitrogens is 1. The fourth-order valence-corrected chi connectivity index (χ4v) is 3.21. The fourth-order valence-electron chi connectivity index (χ4n) is 2.13. The van der Waals surface area contributed by atoms with E-state index in [-0.39, 0.29) is 0 Å². The van der Waals surface area contributed by atoms with E-state index in [1.807, 2.05) is 6.20 Å². The van der Waals surface area contributed by atoms with E-state index in [1.165, 1.54) is 29.3 Å². The third kappa shape index (κ3) is 3.97. The maximum Gasteiger partial charge on any atom is 0.0544 e. The van der Waals surface area contributed by atoms with Crippen LogP contribution in [0.4, 0.5) is 0 Å². The third-order valence-electron chi connectivity index (χ3n) is 3.34. The quantitative estimate of drug-likeness (QED) is 0.883. The van der Waals surface area contributed by atoms with Crippen molar-refractivity contribution in [2.24, 2.45) is 0 Å². The lowest BCUT2D eigenvalue weighted by molar-refractivity contribution is 0.221. The zero-order valence-electron chi connectivity index (χ0n) is 11.4. The highest BCUT2D eigenvalue weighted by atomic mass is 32.2. The SMILES string of the molecule is CCNCc1ccc(CN2CCSCC2C)nc1. The van der Waals surface area contributed by atoms with E-state index in [9.17, 15) is 0 Å². The lowest BCUT2D eigenvalue weighted by Crippen LogP contribution is -2.39. The van der Waals surface area contributed by atoms with Gasteiger partial charge in [0.25, 0.3) is 0 Å². The minimum Gasteiger partial charge on any atom is -0.313 e. The summed E-state index contributed by atoms with van der Waals surface area (Å²) < 4.78 is 0. The number of pyridine rings is 1. The lowest BCUT2D eigenvalue weighted by Gasteiger charge is -2.32. The predicted octanol–water partition coefficient (Wildman–Crippen LogP) is 2.13. The lowest BCUT2D eigenvalue weighted by atomic mass is 10.2. The minimum atomic E-state index is 0.673. The van der Waals surface area contributed by atoms with Gasteiger partial charge in [0.1, 0.15) is 0 Å². The summed E-state index contributed by atoms with van der Waals surface area (Å²) in [5.74, 6) is 2.50. The second kappa shape index (κ2) is 7.12. The summed E-state index contributed by atoms with van der Waals surface area (Å²) in [6.07, 6.45) is 2.00. The van der Waals surface area contributed by atoms with E-state index in [0.717, 1.165) is 19.6 Å². The maximum atomic E-state index is 4.57. The number of nitrogens with zero attached hydrogens (tertiary/aromatic N) is 2. The summed E-state index contributed by atoms with van der Waals surface area (Å²) in [5.41, 5.74) is 2.46. The Morgan fingerprint density at radius 1 is 1.50 bits per heavy atom. The summed E-state index contributed by atoms with van der Waals surface area (Å²) in [4.78, 5) is 7.10. The van der Waals surface area contributed by atoms with Crippen LogP contribution in [0.1, 0.15) is 25.1 Å². The Hall–Kier alpha value is -0.580. The highest BCUT2D eigenvalue weighted by Crippen LogP contribution is 2.17. The van der Waals surface area contributed by atoms with Gasteiger partial charge in [-0.25, -0.2) is 0 Å². The Morgan fingerprint density at radius 3 is 3.06 bits per heavy atom. The van der Waals surface area contributed by atoms with Crippen molar-refractivity contribution >= 4 is 11.8 Å².